The average molecular weight is 182 g/mol. The molecule has 2 fully saturated rings. The highest BCUT2D eigenvalue weighted by molar-refractivity contribution is 5.81. The van der Waals surface area contributed by atoms with Gasteiger partial charge in [0.1, 0.15) is 0 Å². The molecule has 1 atom stereocenters. The summed E-state index contributed by atoms with van der Waals surface area (Å²) in [7, 11) is 0. The third kappa shape index (κ3) is 1.57. The van der Waals surface area contributed by atoms with Crippen molar-refractivity contribution in [2.24, 2.45) is 5.41 Å². The predicted molar refractivity (Wildman–Crippen MR) is 51.4 cm³/mol. The standard InChI is InChI=1S/C10H18N2O/c1-3-12-7-10(4-5-10)6-11-8(2)9(12)13/h8,11H,3-7H2,1-2H3. The molecule has 3 heteroatoms. The number of rotatable bonds is 1. The van der Waals surface area contributed by atoms with Crippen molar-refractivity contribution >= 4 is 5.91 Å². The van der Waals surface area contributed by atoms with Gasteiger partial charge in [-0.25, -0.2) is 0 Å². The topological polar surface area (TPSA) is 32.3 Å². The highest BCUT2D eigenvalue weighted by Gasteiger charge is 2.46. The summed E-state index contributed by atoms with van der Waals surface area (Å²) in [5.41, 5.74) is 0.441. The Morgan fingerprint density at radius 2 is 2.31 bits per heavy atom. The van der Waals surface area contributed by atoms with E-state index in [0.717, 1.165) is 19.6 Å². The molecular weight excluding hydrogens is 164 g/mol. The van der Waals surface area contributed by atoms with Crippen LogP contribution in [0.1, 0.15) is 26.7 Å². The molecule has 1 amide bonds. The Morgan fingerprint density at radius 1 is 1.62 bits per heavy atom. The van der Waals surface area contributed by atoms with E-state index in [1.54, 1.807) is 0 Å². The van der Waals surface area contributed by atoms with Gasteiger partial charge in [0, 0.05) is 25.0 Å². The zero-order chi connectivity index (χ0) is 9.47. The Hall–Kier alpha value is -0.570. The highest BCUT2D eigenvalue weighted by atomic mass is 16.2. The van der Waals surface area contributed by atoms with Crippen LogP contribution < -0.4 is 5.32 Å². The lowest BCUT2D eigenvalue weighted by Crippen LogP contribution is -2.41. The van der Waals surface area contributed by atoms with Crippen LogP contribution >= 0.6 is 0 Å². The summed E-state index contributed by atoms with van der Waals surface area (Å²) in [6, 6.07) is 0.0138. The number of nitrogens with one attached hydrogen (secondary N) is 1. The second-order valence-electron chi connectivity index (χ2n) is 4.46. The molecule has 1 unspecified atom stereocenters. The van der Waals surface area contributed by atoms with Gasteiger partial charge in [-0.15, -0.1) is 0 Å². The lowest BCUT2D eigenvalue weighted by molar-refractivity contribution is -0.132. The maximum absolute atomic E-state index is 11.8. The van der Waals surface area contributed by atoms with Crippen molar-refractivity contribution in [1.82, 2.24) is 10.2 Å². The van der Waals surface area contributed by atoms with E-state index >= 15 is 0 Å². The fourth-order valence-corrected chi connectivity index (χ4v) is 2.05. The van der Waals surface area contributed by atoms with Crippen LogP contribution in [-0.2, 0) is 4.79 Å². The Bertz CT molecular complexity index is 223. The van der Waals surface area contributed by atoms with Crippen LogP contribution in [-0.4, -0.2) is 36.5 Å². The SMILES string of the molecule is CCN1CC2(CC2)CNC(C)C1=O. The van der Waals surface area contributed by atoms with E-state index in [1.165, 1.54) is 12.8 Å². The van der Waals surface area contributed by atoms with E-state index in [-0.39, 0.29) is 11.9 Å². The monoisotopic (exact) mass is 182 g/mol. The maximum atomic E-state index is 11.8. The molecule has 3 nitrogen and oxygen atoms in total. The summed E-state index contributed by atoms with van der Waals surface area (Å²) in [5.74, 6) is 0.270. The normalized spacial score (nSPS) is 32.0. The van der Waals surface area contributed by atoms with Crippen LogP contribution in [0.5, 0.6) is 0 Å². The molecule has 0 aromatic heterocycles. The van der Waals surface area contributed by atoms with Gasteiger partial charge in [0.2, 0.25) is 5.91 Å². The van der Waals surface area contributed by atoms with Crippen molar-refractivity contribution in [3.63, 3.8) is 0 Å². The Morgan fingerprint density at radius 3 is 2.85 bits per heavy atom. The van der Waals surface area contributed by atoms with Crippen LogP contribution in [0.15, 0.2) is 0 Å². The van der Waals surface area contributed by atoms with Gasteiger partial charge in [0.05, 0.1) is 6.04 Å². The highest BCUT2D eigenvalue weighted by Crippen LogP contribution is 2.46. The minimum Gasteiger partial charge on any atom is -0.341 e. The first-order valence-electron chi connectivity index (χ1n) is 5.19. The lowest BCUT2D eigenvalue weighted by atomic mass is 10.1. The Kier molecular flexibility index (Phi) is 2.06. The minimum atomic E-state index is 0.0138. The van der Waals surface area contributed by atoms with Crippen molar-refractivity contribution in [2.45, 2.75) is 32.7 Å². The van der Waals surface area contributed by atoms with E-state index < -0.39 is 0 Å². The zero-order valence-electron chi connectivity index (χ0n) is 8.47. The molecule has 1 spiro atoms. The van der Waals surface area contributed by atoms with Crippen LogP contribution in [0.25, 0.3) is 0 Å². The molecule has 1 aliphatic heterocycles. The molecule has 0 aromatic carbocycles. The number of hydrogen-bond acceptors (Lipinski definition) is 2. The van der Waals surface area contributed by atoms with Gasteiger partial charge in [-0.3, -0.25) is 4.79 Å². The predicted octanol–water partition coefficient (Wildman–Crippen LogP) is 0.607. The number of nitrogens with zero attached hydrogens (tertiary/aromatic N) is 1. The van der Waals surface area contributed by atoms with E-state index in [4.69, 9.17) is 0 Å². The van der Waals surface area contributed by atoms with E-state index in [9.17, 15) is 4.79 Å². The summed E-state index contributed by atoms with van der Waals surface area (Å²) in [6.45, 7) is 6.88. The van der Waals surface area contributed by atoms with Crippen LogP contribution in [0.3, 0.4) is 0 Å². The molecular formula is C10H18N2O. The van der Waals surface area contributed by atoms with Gasteiger partial charge in [0.15, 0.2) is 0 Å². The molecule has 1 N–H and O–H groups in total. The van der Waals surface area contributed by atoms with Gasteiger partial charge < -0.3 is 10.2 Å². The first-order chi connectivity index (χ1) is 6.17. The number of likely N-dealkylation sites (N-methyl/N-ethyl adjacent to an activating group) is 1. The van der Waals surface area contributed by atoms with Gasteiger partial charge in [-0.1, -0.05) is 0 Å². The van der Waals surface area contributed by atoms with Crippen molar-refractivity contribution in [3.05, 3.63) is 0 Å². The first kappa shape index (κ1) is 9.00. The van der Waals surface area contributed by atoms with Crippen LogP contribution in [0.2, 0.25) is 0 Å². The fourth-order valence-electron chi connectivity index (χ4n) is 2.05. The minimum absolute atomic E-state index is 0.0138. The van der Waals surface area contributed by atoms with E-state index in [2.05, 4.69) is 12.2 Å². The molecule has 1 saturated heterocycles. The summed E-state index contributed by atoms with van der Waals surface area (Å²) in [4.78, 5) is 13.8. The largest absolute Gasteiger partial charge is 0.341 e. The second-order valence-corrected chi connectivity index (χ2v) is 4.46. The van der Waals surface area contributed by atoms with Crippen molar-refractivity contribution in [2.75, 3.05) is 19.6 Å². The third-order valence-corrected chi connectivity index (χ3v) is 3.33. The van der Waals surface area contributed by atoms with Gasteiger partial charge in [0.25, 0.3) is 0 Å². The number of carbonyl (C=O) groups is 1. The Labute approximate surface area is 79.5 Å². The third-order valence-electron chi connectivity index (χ3n) is 3.33. The van der Waals surface area contributed by atoms with Crippen LogP contribution in [0.4, 0.5) is 0 Å². The zero-order valence-corrected chi connectivity index (χ0v) is 8.47. The van der Waals surface area contributed by atoms with Gasteiger partial charge >= 0.3 is 0 Å². The summed E-state index contributed by atoms with van der Waals surface area (Å²) in [5, 5.41) is 3.32. The molecule has 2 aliphatic rings. The van der Waals surface area contributed by atoms with Crippen LogP contribution in [0, 0.1) is 5.41 Å². The van der Waals surface area contributed by atoms with E-state index in [0.29, 0.717) is 5.41 Å². The van der Waals surface area contributed by atoms with Crippen molar-refractivity contribution < 1.29 is 4.79 Å². The molecule has 1 saturated carbocycles. The number of amides is 1. The smallest absolute Gasteiger partial charge is 0.239 e. The van der Waals surface area contributed by atoms with Crippen molar-refractivity contribution in [3.8, 4) is 0 Å². The second kappa shape index (κ2) is 2.98. The summed E-state index contributed by atoms with van der Waals surface area (Å²) in [6.07, 6.45) is 2.58. The molecule has 74 valence electrons. The maximum Gasteiger partial charge on any atom is 0.239 e. The first-order valence-corrected chi connectivity index (χ1v) is 5.19. The van der Waals surface area contributed by atoms with E-state index in [1.807, 2.05) is 11.8 Å². The molecule has 1 heterocycles. The molecule has 0 bridgehead atoms. The van der Waals surface area contributed by atoms with Gasteiger partial charge in [-0.2, -0.15) is 0 Å². The number of hydrogen-bond donors (Lipinski definition) is 1. The molecule has 2 rings (SSSR count). The summed E-state index contributed by atoms with van der Waals surface area (Å²) < 4.78 is 0. The molecule has 1 aliphatic carbocycles. The lowest BCUT2D eigenvalue weighted by Gasteiger charge is -2.23. The molecule has 0 aromatic rings. The summed E-state index contributed by atoms with van der Waals surface area (Å²) >= 11 is 0. The fraction of sp³-hybridized carbons (Fsp3) is 0.900. The molecule has 0 radical (unpaired) electrons. The van der Waals surface area contributed by atoms with Crippen molar-refractivity contribution in [1.29, 1.82) is 0 Å². The Balaban J connectivity index is 2.11. The average Bonchev–Trinajstić information content (AvgIpc) is 2.90. The quantitative estimate of drug-likeness (QED) is 0.644. The number of carbonyl (C=O) groups excluding carboxylic acids is 1. The van der Waals surface area contributed by atoms with Gasteiger partial charge in [-0.05, 0) is 26.7 Å². The molecule has 13 heavy (non-hydrogen) atoms.